The molecule has 0 spiro atoms. The minimum atomic E-state index is 0.822. The van der Waals surface area contributed by atoms with Gasteiger partial charge in [-0.2, -0.15) is 0 Å². The van der Waals surface area contributed by atoms with Crippen LogP contribution in [0.25, 0.3) is 0 Å². The van der Waals surface area contributed by atoms with Gasteiger partial charge in [0.05, 0.1) is 0 Å². The number of hydrogen-bond acceptors (Lipinski definition) is 1. The molecule has 0 aliphatic heterocycles. The average Bonchev–Trinajstić information content (AvgIpc) is 1.93. The Labute approximate surface area is 57.7 Å². The van der Waals surface area contributed by atoms with E-state index in [1.165, 1.54) is 0 Å². The van der Waals surface area contributed by atoms with Crippen molar-refractivity contribution in [2.45, 2.75) is 27.7 Å². The van der Waals surface area contributed by atoms with Crippen molar-refractivity contribution < 1.29 is 0 Å². The van der Waals surface area contributed by atoms with Crippen molar-refractivity contribution in [2.24, 2.45) is 9.98 Å². The normalized spacial score (nSPS) is 11.0. The lowest BCUT2D eigenvalue weighted by atomic mass is 10.7. The van der Waals surface area contributed by atoms with Crippen molar-refractivity contribution in [1.29, 1.82) is 0 Å². The van der Waals surface area contributed by atoms with E-state index in [-0.39, 0.29) is 0 Å². The van der Waals surface area contributed by atoms with E-state index in [0.717, 1.165) is 5.84 Å². The van der Waals surface area contributed by atoms with Gasteiger partial charge in [-0.1, -0.05) is 13.8 Å². The van der Waals surface area contributed by atoms with Gasteiger partial charge in [0.25, 0.3) is 0 Å². The van der Waals surface area contributed by atoms with E-state index < -0.39 is 0 Å². The van der Waals surface area contributed by atoms with Gasteiger partial charge >= 0.3 is 0 Å². The smallest absolute Gasteiger partial charge is 0.119 e. The minimum absolute atomic E-state index is 0.822. The molecule has 0 aromatic carbocycles. The largest absolute Gasteiger partial charge is 0.274 e. The van der Waals surface area contributed by atoms with Crippen LogP contribution in [0.2, 0.25) is 0 Å². The Morgan fingerprint density at radius 3 is 1.89 bits per heavy atom. The summed E-state index contributed by atoms with van der Waals surface area (Å²) in [5.41, 5.74) is 0. The van der Waals surface area contributed by atoms with E-state index in [0.29, 0.717) is 0 Å². The van der Waals surface area contributed by atoms with Crippen molar-refractivity contribution in [3.63, 3.8) is 0 Å². The summed E-state index contributed by atoms with van der Waals surface area (Å²) in [4.78, 5) is 7.66. The van der Waals surface area contributed by atoms with Gasteiger partial charge in [-0.15, -0.1) is 0 Å². The fraction of sp³-hybridized carbons (Fsp3) is 0.714. The van der Waals surface area contributed by atoms with Crippen LogP contribution in [0.3, 0.4) is 0 Å². The highest BCUT2D eigenvalue weighted by atomic mass is 14.9. The first-order chi connectivity index (χ1) is 4.31. The Morgan fingerprint density at radius 2 is 1.78 bits per heavy atom. The molecule has 0 atom stereocenters. The maximum Gasteiger partial charge on any atom is 0.119 e. The van der Waals surface area contributed by atoms with Crippen molar-refractivity contribution in [1.82, 2.24) is 0 Å². The summed E-state index contributed by atoms with van der Waals surface area (Å²) in [6.07, 6.45) is 1.72. The van der Waals surface area contributed by atoms with Gasteiger partial charge in [0, 0.05) is 13.3 Å². The Morgan fingerprint density at radius 1 is 1.33 bits per heavy atom. The highest BCUT2D eigenvalue weighted by Crippen LogP contribution is 1.72. The van der Waals surface area contributed by atoms with Crippen LogP contribution < -0.4 is 0 Å². The molecule has 0 unspecified atom stereocenters. The molecule has 9 heavy (non-hydrogen) atoms. The lowest BCUT2D eigenvalue weighted by Gasteiger charge is -1.81. The fourth-order valence-electron chi connectivity index (χ4n) is 0.245. The number of rotatable bonds is 0. The molecule has 0 aliphatic carbocycles. The third-order valence-electron chi connectivity index (χ3n) is 0.640. The van der Waals surface area contributed by atoms with Gasteiger partial charge in [-0.3, -0.25) is 4.99 Å². The summed E-state index contributed by atoms with van der Waals surface area (Å²) < 4.78 is 0. The second-order valence-corrected chi connectivity index (χ2v) is 1.16. The second-order valence-electron chi connectivity index (χ2n) is 1.16. The third-order valence-corrected chi connectivity index (χ3v) is 0.640. The van der Waals surface area contributed by atoms with E-state index in [1.54, 1.807) is 13.3 Å². The van der Waals surface area contributed by atoms with Crippen LogP contribution in [0.1, 0.15) is 27.7 Å². The number of hydrogen-bond donors (Lipinski definition) is 0. The predicted octanol–water partition coefficient (Wildman–Crippen LogP) is 2.15. The molecule has 54 valence electrons. The molecule has 0 N–H and O–H groups in total. The van der Waals surface area contributed by atoms with Crippen LogP contribution in [0, 0.1) is 0 Å². The molecule has 0 radical (unpaired) electrons. The van der Waals surface area contributed by atoms with Crippen molar-refractivity contribution in [2.75, 3.05) is 7.05 Å². The first-order valence-corrected chi connectivity index (χ1v) is 3.23. The molecule has 0 amide bonds. The average molecular weight is 128 g/mol. The third kappa shape index (κ3) is 11.1. The lowest BCUT2D eigenvalue weighted by Crippen LogP contribution is -1.81. The van der Waals surface area contributed by atoms with Crippen LogP contribution in [0.15, 0.2) is 9.98 Å². The molecule has 0 rings (SSSR count). The summed E-state index contributed by atoms with van der Waals surface area (Å²) in [6, 6.07) is 0. The van der Waals surface area contributed by atoms with Gasteiger partial charge in [0.1, 0.15) is 5.84 Å². The van der Waals surface area contributed by atoms with Gasteiger partial charge in [0.15, 0.2) is 0 Å². The maximum atomic E-state index is 3.87. The van der Waals surface area contributed by atoms with Gasteiger partial charge in [-0.25, -0.2) is 4.99 Å². The maximum absolute atomic E-state index is 3.87. The highest BCUT2D eigenvalue weighted by Gasteiger charge is 1.72. The second kappa shape index (κ2) is 10.3. The molecule has 0 saturated carbocycles. The molecule has 0 aliphatic rings. The first-order valence-electron chi connectivity index (χ1n) is 3.23. The number of aliphatic imine (C=N–C) groups is 2. The first kappa shape index (κ1) is 11.2. The van der Waals surface area contributed by atoms with Crippen LogP contribution >= 0.6 is 0 Å². The van der Waals surface area contributed by atoms with Crippen LogP contribution in [-0.2, 0) is 0 Å². The molecule has 0 saturated heterocycles. The zero-order chi connectivity index (χ0) is 7.70. The number of nitrogens with zero attached hydrogens (tertiary/aromatic N) is 2. The lowest BCUT2D eigenvalue weighted by molar-refractivity contribution is 1.38. The Balaban J connectivity index is 0. The molecule has 2 nitrogen and oxygen atoms in total. The highest BCUT2D eigenvalue weighted by molar-refractivity contribution is 5.86. The van der Waals surface area contributed by atoms with Crippen molar-refractivity contribution in [3.05, 3.63) is 0 Å². The molecular weight excluding hydrogens is 112 g/mol. The summed E-state index contributed by atoms with van der Waals surface area (Å²) in [5.74, 6) is 0.822. The van der Waals surface area contributed by atoms with Crippen LogP contribution in [0.5, 0.6) is 0 Å². The standard InChI is InChI=1S/C5H10N2.C2H6/c1-4-7-5(2)6-3;1-2/h4H,1-3H3;1-2H3. The SMILES string of the molecule is CC.CC=NC(C)=NC. The Hall–Kier alpha value is -0.660. The quantitative estimate of drug-likeness (QED) is 0.353. The predicted molar refractivity (Wildman–Crippen MR) is 44.5 cm³/mol. The Bertz CT molecular complexity index is 93.1. The van der Waals surface area contributed by atoms with E-state index in [1.807, 2.05) is 27.7 Å². The molecule has 2 heteroatoms. The monoisotopic (exact) mass is 128 g/mol. The van der Waals surface area contributed by atoms with E-state index in [4.69, 9.17) is 0 Å². The van der Waals surface area contributed by atoms with E-state index in [9.17, 15) is 0 Å². The zero-order valence-corrected chi connectivity index (χ0v) is 6.97. The summed E-state index contributed by atoms with van der Waals surface area (Å²) >= 11 is 0. The molecule has 0 aromatic heterocycles. The van der Waals surface area contributed by atoms with E-state index >= 15 is 0 Å². The molecular formula is C7H16N2. The zero-order valence-electron chi connectivity index (χ0n) is 6.97. The number of amidine groups is 1. The van der Waals surface area contributed by atoms with Gasteiger partial charge in [0.2, 0.25) is 0 Å². The molecule has 0 fully saturated rings. The van der Waals surface area contributed by atoms with Crippen molar-refractivity contribution in [3.8, 4) is 0 Å². The summed E-state index contributed by atoms with van der Waals surface area (Å²) in [7, 11) is 1.72. The summed E-state index contributed by atoms with van der Waals surface area (Å²) in [6.45, 7) is 7.73. The molecule has 0 bridgehead atoms. The summed E-state index contributed by atoms with van der Waals surface area (Å²) in [5, 5.41) is 0. The van der Waals surface area contributed by atoms with Crippen LogP contribution in [-0.4, -0.2) is 19.1 Å². The van der Waals surface area contributed by atoms with E-state index in [2.05, 4.69) is 9.98 Å². The molecule has 0 heterocycles. The van der Waals surface area contributed by atoms with Gasteiger partial charge < -0.3 is 0 Å². The van der Waals surface area contributed by atoms with Crippen LogP contribution in [0.4, 0.5) is 0 Å². The fourth-order valence-corrected chi connectivity index (χ4v) is 0.245. The molecule has 0 aromatic rings. The van der Waals surface area contributed by atoms with Gasteiger partial charge in [-0.05, 0) is 13.8 Å². The minimum Gasteiger partial charge on any atom is -0.274 e. The Kier molecular flexibility index (Phi) is 12.9. The topological polar surface area (TPSA) is 24.7 Å². The van der Waals surface area contributed by atoms with Crippen molar-refractivity contribution >= 4 is 12.1 Å².